The molecule has 22 heavy (non-hydrogen) atoms. The quantitative estimate of drug-likeness (QED) is 0.799. The SMILES string of the molecule is COCOc1ccc(N(C(=O)CCO)c2ccccc2)cc1. The van der Waals surface area contributed by atoms with Crippen LogP contribution < -0.4 is 9.64 Å². The molecule has 0 atom stereocenters. The van der Waals surface area contributed by atoms with Gasteiger partial charge < -0.3 is 14.6 Å². The molecule has 116 valence electrons. The van der Waals surface area contributed by atoms with E-state index in [-0.39, 0.29) is 25.7 Å². The number of benzene rings is 2. The molecule has 0 spiro atoms. The summed E-state index contributed by atoms with van der Waals surface area (Å²) >= 11 is 0. The van der Waals surface area contributed by atoms with Gasteiger partial charge in [0, 0.05) is 18.5 Å². The number of ether oxygens (including phenoxy) is 2. The van der Waals surface area contributed by atoms with E-state index in [9.17, 15) is 4.79 Å². The minimum absolute atomic E-state index is 0.0663. The summed E-state index contributed by atoms with van der Waals surface area (Å²) in [4.78, 5) is 13.9. The molecule has 0 fully saturated rings. The van der Waals surface area contributed by atoms with Crippen LogP contribution in [0.1, 0.15) is 6.42 Å². The highest BCUT2D eigenvalue weighted by Crippen LogP contribution is 2.27. The second-order valence-corrected chi connectivity index (χ2v) is 4.58. The number of carbonyl (C=O) groups excluding carboxylic acids is 1. The molecule has 0 aromatic heterocycles. The monoisotopic (exact) mass is 301 g/mol. The Balaban J connectivity index is 2.27. The molecule has 5 heteroatoms. The van der Waals surface area contributed by atoms with Crippen LogP contribution >= 0.6 is 0 Å². The lowest BCUT2D eigenvalue weighted by Gasteiger charge is -2.23. The average molecular weight is 301 g/mol. The zero-order chi connectivity index (χ0) is 15.8. The molecule has 1 amide bonds. The molecule has 0 radical (unpaired) electrons. The van der Waals surface area contributed by atoms with Crippen LogP contribution in [0.25, 0.3) is 0 Å². The van der Waals surface area contributed by atoms with Crippen LogP contribution in [0.3, 0.4) is 0 Å². The van der Waals surface area contributed by atoms with Crippen molar-refractivity contribution in [1.29, 1.82) is 0 Å². The molecule has 5 nitrogen and oxygen atoms in total. The Morgan fingerprint density at radius 3 is 2.27 bits per heavy atom. The highest BCUT2D eigenvalue weighted by molar-refractivity contribution is 6.00. The second-order valence-electron chi connectivity index (χ2n) is 4.58. The highest BCUT2D eigenvalue weighted by atomic mass is 16.7. The van der Waals surface area contributed by atoms with E-state index < -0.39 is 0 Å². The van der Waals surface area contributed by atoms with Gasteiger partial charge in [-0.05, 0) is 36.4 Å². The second kappa shape index (κ2) is 8.17. The zero-order valence-corrected chi connectivity index (χ0v) is 12.4. The Morgan fingerprint density at radius 1 is 1.05 bits per heavy atom. The number of hydrogen-bond donors (Lipinski definition) is 1. The molecule has 2 aromatic rings. The predicted octanol–water partition coefficient (Wildman–Crippen LogP) is 2.72. The van der Waals surface area contributed by atoms with Crippen LogP contribution in [0, 0.1) is 0 Å². The number of aliphatic hydroxyl groups is 1. The summed E-state index contributed by atoms with van der Waals surface area (Å²) in [6.07, 6.45) is 0.0663. The number of amides is 1. The number of carbonyl (C=O) groups is 1. The number of nitrogens with zero attached hydrogens (tertiary/aromatic N) is 1. The molecule has 0 heterocycles. The molecular formula is C17H19NO4. The molecule has 0 saturated carbocycles. The summed E-state index contributed by atoms with van der Waals surface area (Å²) in [5.41, 5.74) is 1.47. The van der Waals surface area contributed by atoms with Crippen LogP contribution in [0.4, 0.5) is 11.4 Å². The van der Waals surface area contributed by atoms with Crippen molar-refractivity contribution in [3.05, 3.63) is 54.6 Å². The van der Waals surface area contributed by atoms with Crippen molar-refractivity contribution in [2.75, 3.05) is 25.4 Å². The van der Waals surface area contributed by atoms with Gasteiger partial charge in [0.1, 0.15) is 5.75 Å². The summed E-state index contributed by atoms with van der Waals surface area (Å²) in [6, 6.07) is 16.5. The first kappa shape index (κ1) is 16.0. The van der Waals surface area contributed by atoms with Crippen molar-refractivity contribution < 1.29 is 19.4 Å². The molecule has 1 N–H and O–H groups in total. The number of rotatable bonds is 7. The van der Waals surface area contributed by atoms with E-state index in [1.165, 1.54) is 0 Å². The van der Waals surface area contributed by atoms with Gasteiger partial charge in [0.15, 0.2) is 6.79 Å². The van der Waals surface area contributed by atoms with Crippen LogP contribution in [0.2, 0.25) is 0 Å². The number of aliphatic hydroxyl groups excluding tert-OH is 1. The van der Waals surface area contributed by atoms with Crippen molar-refractivity contribution in [3.8, 4) is 5.75 Å². The lowest BCUT2D eigenvalue weighted by molar-refractivity contribution is -0.118. The van der Waals surface area contributed by atoms with E-state index in [0.717, 1.165) is 11.4 Å². The number of methoxy groups -OCH3 is 1. The maximum absolute atomic E-state index is 12.3. The Bertz CT molecular complexity index is 583. The first-order valence-corrected chi connectivity index (χ1v) is 6.97. The zero-order valence-electron chi connectivity index (χ0n) is 12.4. The highest BCUT2D eigenvalue weighted by Gasteiger charge is 2.17. The predicted molar refractivity (Wildman–Crippen MR) is 84.2 cm³/mol. The van der Waals surface area contributed by atoms with Crippen molar-refractivity contribution in [1.82, 2.24) is 0 Å². The molecule has 0 aliphatic heterocycles. The average Bonchev–Trinajstić information content (AvgIpc) is 2.56. The van der Waals surface area contributed by atoms with Crippen molar-refractivity contribution in [2.24, 2.45) is 0 Å². The fourth-order valence-corrected chi connectivity index (χ4v) is 2.04. The van der Waals surface area contributed by atoms with Crippen molar-refractivity contribution in [3.63, 3.8) is 0 Å². The summed E-state index contributed by atoms with van der Waals surface area (Å²) in [7, 11) is 1.55. The Hall–Kier alpha value is -2.37. The number of hydrogen-bond acceptors (Lipinski definition) is 4. The van der Waals surface area contributed by atoms with Crippen LogP contribution in [-0.4, -0.2) is 31.5 Å². The molecular weight excluding hydrogens is 282 g/mol. The van der Waals surface area contributed by atoms with Gasteiger partial charge in [-0.25, -0.2) is 0 Å². The lowest BCUT2D eigenvalue weighted by atomic mass is 10.2. The van der Waals surface area contributed by atoms with Gasteiger partial charge in [0.25, 0.3) is 0 Å². The van der Waals surface area contributed by atoms with E-state index in [0.29, 0.717) is 5.75 Å². The van der Waals surface area contributed by atoms with Gasteiger partial charge in [-0.15, -0.1) is 0 Å². The number of anilines is 2. The van der Waals surface area contributed by atoms with E-state index in [1.807, 2.05) is 30.3 Å². The standard InChI is InChI=1S/C17H19NO4/c1-21-13-22-16-9-7-15(8-10-16)18(17(20)11-12-19)14-5-3-2-4-6-14/h2-10,19H,11-13H2,1H3. The minimum atomic E-state index is -0.183. The minimum Gasteiger partial charge on any atom is -0.468 e. The van der Waals surface area contributed by atoms with Gasteiger partial charge in [0.05, 0.1) is 13.0 Å². The van der Waals surface area contributed by atoms with Crippen LogP contribution in [0.15, 0.2) is 54.6 Å². The van der Waals surface area contributed by atoms with Crippen LogP contribution in [0.5, 0.6) is 5.75 Å². The normalized spacial score (nSPS) is 10.3. The molecule has 2 aromatic carbocycles. The van der Waals surface area contributed by atoms with Crippen molar-refractivity contribution >= 4 is 17.3 Å². The first-order valence-electron chi connectivity index (χ1n) is 6.97. The van der Waals surface area contributed by atoms with E-state index >= 15 is 0 Å². The Labute approximate surface area is 129 Å². The Morgan fingerprint density at radius 2 is 1.68 bits per heavy atom. The lowest BCUT2D eigenvalue weighted by Crippen LogP contribution is -2.26. The van der Waals surface area contributed by atoms with E-state index in [4.69, 9.17) is 14.6 Å². The summed E-state index contributed by atoms with van der Waals surface area (Å²) < 4.78 is 10.2. The Kier molecular flexibility index (Phi) is 5.94. The molecule has 0 saturated heterocycles. The third kappa shape index (κ3) is 4.07. The van der Waals surface area contributed by atoms with E-state index in [1.54, 1.807) is 36.3 Å². The third-order valence-electron chi connectivity index (χ3n) is 3.03. The van der Waals surface area contributed by atoms with E-state index in [2.05, 4.69) is 0 Å². The number of para-hydroxylation sites is 1. The van der Waals surface area contributed by atoms with Crippen molar-refractivity contribution in [2.45, 2.75) is 6.42 Å². The molecule has 2 rings (SSSR count). The van der Waals surface area contributed by atoms with Gasteiger partial charge >= 0.3 is 0 Å². The van der Waals surface area contributed by atoms with Gasteiger partial charge in [-0.3, -0.25) is 9.69 Å². The third-order valence-corrected chi connectivity index (χ3v) is 3.03. The fourth-order valence-electron chi connectivity index (χ4n) is 2.04. The first-order chi connectivity index (χ1) is 10.8. The summed E-state index contributed by atoms with van der Waals surface area (Å²) in [6.45, 7) is -0.0115. The van der Waals surface area contributed by atoms with Gasteiger partial charge in [0.2, 0.25) is 5.91 Å². The summed E-state index contributed by atoms with van der Waals surface area (Å²) in [5, 5.41) is 9.04. The maximum atomic E-state index is 12.3. The summed E-state index contributed by atoms with van der Waals surface area (Å²) in [5.74, 6) is 0.493. The largest absolute Gasteiger partial charge is 0.468 e. The maximum Gasteiger partial charge on any atom is 0.233 e. The topological polar surface area (TPSA) is 59.0 Å². The fraction of sp³-hybridized carbons (Fsp3) is 0.235. The van der Waals surface area contributed by atoms with Gasteiger partial charge in [-0.1, -0.05) is 18.2 Å². The smallest absolute Gasteiger partial charge is 0.233 e. The molecule has 0 aliphatic rings. The molecule has 0 bridgehead atoms. The molecule has 0 aliphatic carbocycles. The van der Waals surface area contributed by atoms with Crippen LogP contribution in [-0.2, 0) is 9.53 Å². The van der Waals surface area contributed by atoms with Gasteiger partial charge in [-0.2, -0.15) is 0 Å². The molecule has 0 unspecified atom stereocenters.